The highest BCUT2D eigenvalue weighted by molar-refractivity contribution is 7.99. The minimum absolute atomic E-state index is 0.0892. The summed E-state index contributed by atoms with van der Waals surface area (Å²) >= 11 is 1.19. The van der Waals surface area contributed by atoms with E-state index in [4.69, 9.17) is 0 Å². The number of fused-ring (bicyclic) bond motifs is 1. The van der Waals surface area contributed by atoms with Crippen molar-refractivity contribution < 1.29 is 4.79 Å². The molecule has 1 aromatic carbocycles. The SMILES string of the molecule is C=CCn1c(SCC(=O)NC(C)(C#N)C2CC2)nc2ccccc2c1=O. The first-order valence-corrected chi connectivity index (χ1v) is 9.42. The van der Waals surface area contributed by atoms with Gasteiger partial charge in [-0.15, -0.1) is 6.58 Å². The van der Waals surface area contributed by atoms with Crippen molar-refractivity contribution in [2.24, 2.45) is 5.92 Å². The number of hydrogen-bond donors (Lipinski definition) is 1. The molecule has 134 valence electrons. The lowest BCUT2D eigenvalue weighted by Gasteiger charge is -2.22. The lowest BCUT2D eigenvalue weighted by atomic mass is 9.98. The number of thioether (sulfide) groups is 1. The first-order chi connectivity index (χ1) is 12.5. The van der Waals surface area contributed by atoms with E-state index in [1.54, 1.807) is 31.2 Å². The van der Waals surface area contributed by atoms with Gasteiger partial charge in [0, 0.05) is 6.54 Å². The molecule has 1 aromatic heterocycles. The lowest BCUT2D eigenvalue weighted by Crippen LogP contribution is -2.47. The predicted molar refractivity (Wildman–Crippen MR) is 102 cm³/mol. The van der Waals surface area contributed by atoms with Crippen molar-refractivity contribution in [3.05, 3.63) is 47.3 Å². The van der Waals surface area contributed by atoms with Crippen LogP contribution in [0, 0.1) is 17.2 Å². The molecule has 0 aliphatic heterocycles. The normalized spacial score (nSPS) is 15.8. The van der Waals surface area contributed by atoms with Crippen LogP contribution >= 0.6 is 11.8 Å². The van der Waals surface area contributed by atoms with Crippen LogP contribution in [0.5, 0.6) is 0 Å². The van der Waals surface area contributed by atoms with Gasteiger partial charge in [0.15, 0.2) is 5.16 Å². The minimum atomic E-state index is -0.824. The van der Waals surface area contributed by atoms with E-state index in [2.05, 4.69) is 22.9 Å². The summed E-state index contributed by atoms with van der Waals surface area (Å²) in [6.07, 6.45) is 3.55. The van der Waals surface area contributed by atoms with Crippen LogP contribution in [0.4, 0.5) is 0 Å². The summed E-state index contributed by atoms with van der Waals surface area (Å²) in [4.78, 5) is 29.5. The minimum Gasteiger partial charge on any atom is -0.337 e. The van der Waals surface area contributed by atoms with Gasteiger partial charge in [0.1, 0.15) is 5.54 Å². The maximum atomic E-state index is 12.7. The molecule has 0 spiro atoms. The highest BCUT2D eigenvalue weighted by Crippen LogP contribution is 2.39. The van der Waals surface area contributed by atoms with Crippen molar-refractivity contribution in [1.29, 1.82) is 5.26 Å². The number of amides is 1. The molecule has 6 nitrogen and oxygen atoms in total. The summed E-state index contributed by atoms with van der Waals surface area (Å²) in [5.74, 6) is 0.0732. The maximum Gasteiger partial charge on any atom is 0.262 e. The van der Waals surface area contributed by atoms with Crippen LogP contribution < -0.4 is 10.9 Å². The van der Waals surface area contributed by atoms with E-state index in [1.165, 1.54) is 16.3 Å². The Kier molecular flexibility index (Phi) is 5.14. The number of rotatable bonds is 7. The summed E-state index contributed by atoms with van der Waals surface area (Å²) in [6.45, 7) is 5.76. The van der Waals surface area contributed by atoms with Crippen molar-refractivity contribution in [2.45, 2.75) is 37.0 Å². The topological polar surface area (TPSA) is 87.8 Å². The Labute approximate surface area is 155 Å². The van der Waals surface area contributed by atoms with Crippen molar-refractivity contribution >= 4 is 28.6 Å². The van der Waals surface area contributed by atoms with E-state index in [9.17, 15) is 14.9 Å². The number of nitriles is 1. The number of aromatic nitrogens is 2. The van der Waals surface area contributed by atoms with Crippen molar-refractivity contribution in [3.8, 4) is 6.07 Å². The van der Waals surface area contributed by atoms with Crippen LogP contribution in [0.25, 0.3) is 10.9 Å². The number of allylic oxidation sites excluding steroid dienone is 1. The Morgan fingerprint density at radius 1 is 1.54 bits per heavy atom. The van der Waals surface area contributed by atoms with E-state index in [-0.39, 0.29) is 23.1 Å². The first kappa shape index (κ1) is 18.2. The fraction of sp³-hybridized carbons (Fsp3) is 0.368. The zero-order chi connectivity index (χ0) is 18.7. The molecule has 1 heterocycles. The Bertz CT molecular complexity index is 958. The van der Waals surface area contributed by atoms with Gasteiger partial charge in [-0.2, -0.15) is 5.26 Å². The van der Waals surface area contributed by atoms with Crippen LogP contribution in [-0.4, -0.2) is 26.8 Å². The summed E-state index contributed by atoms with van der Waals surface area (Å²) in [6, 6.07) is 9.34. The summed E-state index contributed by atoms with van der Waals surface area (Å²) < 4.78 is 1.51. The van der Waals surface area contributed by atoms with E-state index < -0.39 is 5.54 Å². The molecule has 1 saturated carbocycles. The van der Waals surface area contributed by atoms with Crippen molar-refractivity contribution in [1.82, 2.24) is 14.9 Å². The molecular weight excluding hydrogens is 348 g/mol. The second kappa shape index (κ2) is 7.34. The Balaban J connectivity index is 1.81. The van der Waals surface area contributed by atoms with Gasteiger partial charge in [0.05, 0.1) is 22.7 Å². The standard InChI is InChI=1S/C19H20N4O2S/c1-3-10-23-17(25)14-6-4-5-7-15(14)21-18(23)26-11-16(24)22-19(2,12-20)13-8-9-13/h3-7,13H,1,8-11H2,2H3,(H,22,24). The molecule has 3 rings (SSSR count). The summed E-state index contributed by atoms with van der Waals surface area (Å²) in [7, 11) is 0. The molecule has 1 N–H and O–H groups in total. The molecule has 1 fully saturated rings. The number of para-hydroxylation sites is 1. The highest BCUT2D eigenvalue weighted by Gasteiger charge is 2.42. The van der Waals surface area contributed by atoms with E-state index >= 15 is 0 Å². The van der Waals surface area contributed by atoms with Gasteiger partial charge in [0.25, 0.3) is 5.56 Å². The van der Waals surface area contributed by atoms with Crippen LogP contribution in [0.3, 0.4) is 0 Å². The molecule has 1 atom stereocenters. The molecule has 1 aliphatic carbocycles. The molecule has 1 amide bonds. The average Bonchev–Trinajstić information content (AvgIpc) is 3.48. The molecule has 7 heteroatoms. The van der Waals surface area contributed by atoms with Gasteiger partial charge in [-0.3, -0.25) is 14.2 Å². The second-order valence-corrected chi connectivity index (χ2v) is 7.48. The number of carbonyl (C=O) groups is 1. The van der Waals surface area contributed by atoms with Gasteiger partial charge < -0.3 is 5.32 Å². The highest BCUT2D eigenvalue weighted by atomic mass is 32.2. The third-order valence-electron chi connectivity index (χ3n) is 4.50. The molecular formula is C19H20N4O2S. The van der Waals surface area contributed by atoms with Crippen LogP contribution in [0.2, 0.25) is 0 Å². The third kappa shape index (κ3) is 3.65. The molecule has 0 radical (unpaired) electrons. The van der Waals surface area contributed by atoms with E-state index in [0.29, 0.717) is 22.6 Å². The van der Waals surface area contributed by atoms with Gasteiger partial charge in [-0.25, -0.2) is 4.98 Å². The number of nitrogens with one attached hydrogen (secondary N) is 1. The zero-order valence-corrected chi connectivity index (χ0v) is 15.4. The average molecular weight is 368 g/mol. The molecule has 0 bridgehead atoms. The Morgan fingerprint density at radius 3 is 2.92 bits per heavy atom. The predicted octanol–water partition coefficient (Wildman–Crippen LogP) is 2.48. The molecule has 2 aromatic rings. The number of benzene rings is 1. The van der Waals surface area contributed by atoms with Gasteiger partial charge in [-0.1, -0.05) is 30.0 Å². The van der Waals surface area contributed by atoms with E-state index in [1.807, 2.05) is 6.07 Å². The molecule has 1 aliphatic rings. The zero-order valence-electron chi connectivity index (χ0n) is 14.6. The van der Waals surface area contributed by atoms with Crippen molar-refractivity contribution in [2.75, 3.05) is 5.75 Å². The van der Waals surface area contributed by atoms with Gasteiger partial charge in [0.2, 0.25) is 5.91 Å². The van der Waals surface area contributed by atoms with Gasteiger partial charge in [-0.05, 0) is 37.8 Å². The van der Waals surface area contributed by atoms with Crippen LogP contribution in [0.15, 0.2) is 46.9 Å². The third-order valence-corrected chi connectivity index (χ3v) is 5.47. The quantitative estimate of drug-likeness (QED) is 0.461. The summed E-state index contributed by atoms with van der Waals surface area (Å²) in [5, 5.41) is 13.2. The first-order valence-electron chi connectivity index (χ1n) is 8.44. The lowest BCUT2D eigenvalue weighted by molar-refractivity contribution is -0.119. The van der Waals surface area contributed by atoms with Crippen LogP contribution in [-0.2, 0) is 11.3 Å². The van der Waals surface area contributed by atoms with Crippen LogP contribution in [0.1, 0.15) is 19.8 Å². The molecule has 0 saturated heterocycles. The fourth-order valence-electron chi connectivity index (χ4n) is 2.89. The van der Waals surface area contributed by atoms with Gasteiger partial charge >= 0.3 is 0 Å². The molecule has 26 heavy (non-hydrogen) atoms. The molecule has 1 unspecified atom stereocenters. The largest absolute Gasteiger partial charge is 0.337 e. The number of hydrogen-bond acceptors (Lipinski definition) is 5. The fourth-order valence-corrected chi connectivity index (χ4v) is 3.69. The smallest absolute Gasteiger partial charge is 0.262 e. The monoisotopic (exact) mass is 368 g/mol. The summed E-state index contributed by atoms with van der Waals surface area (Å²) in [5.41, 5.74) is -0.381. The second-order valence-electron chi connectivity index (χ2n) is 6.54. The number of carbonyl (C=O) groups excluding carboxylic acids is 1. The van der Waals surface area contributed by atoms with E-state index in [0.717, 1.165) is 12.8 Å². The Hall–Kier alpha value is -2.59. The Morgan fingerprint density at radius 2 is 2.27 bits per heavy atom. The number of nitrogens with zero attached hydrogens (tertiary/aromatic N) is 3. The van der Waals surface area contributed by atoms with Crippen molar-refractivity contribution in [3.63, 3.8) is 0 Å². The maximum absolute atomic E-state index is 12.7.